The number of rotatable bonds is 6. The number of nitrogen functional groups attached to an aromatic ring is 2. The number of anilines is 1. The normalized spacial score (nSPS) is 11.0. The number of nitrogens with one attached hydrogen (secondary N) is 1. The minimum Gasteiger partial charge on any atom is -0.398 e. The average Bonchev–Trinajstić information content (AvgIpc) is 2.49. The molecule has 0 aliphatic rings. The predicted molar refractivity (Wildman–Crippen MR) is 99.8 cm³/mol. The maximum Gasteiger partial charge on any atom is 0.123 e. The van der Waals surface area contributed by atoms with Crippen LogP contribution in [0.4, 0.5) is 5.69 Å². The molecule has 0 aliphatic carbocycles. The number of nitrogens with two attached hydrogens (primary N) is 2. The van der Waals surface area contributed by atoms with E-state index in [4.69, 9.17) is 16.9 Å². The van der Waals surface area contributed by atoms with Gasteiger partial charge in [-0.05, 0) is 48.4 Å². The maximum atomic E-state index is 7.95. The summed E-state index contributed by atoms with van der Waals surface area (Å²) in [5.41, 5.74) is 18.0. The zero-order valence-corrected chi connectivity index (χ0v) is 14.3. The molecule has 3 nitrogen and oxygen atoms in total. The van der Waals surface area contributed by atoms with Gasteiger partial charge in [0, 0.05) is 16.8 Å². The van der Waals surface area contributed by atoms with E-state index in [2.05, 4.69) is 26.8 Å². The van der Waals surface area contributed by atoms with Crippen LogP contribution < -0.4 is 11.5 Å². The molecule has 3 heteroatoms. The van der Waals surface area contributed by atoms with E-state index in [9.17, 15) is 0 Å². The summed E-state index contributed by atoms with van der Waals surface area (Å²) >= 11 is 0. The second-order valence-electron chi connectivity index (χ2n) is 6.57. The number of para-hydroxylation sites is 1. The van der Waals surface area contributed by atoms with Crippen molar-refractivity contribution in [1.82, 2.24) is 0 Å². The minimum absolute atomic E-state index is 0.0911. The van der Waals surface area contributed by atoms with E-state index in [1.807, 2.05) is 30.3 Å². The zero-order chi connectivity index (χ0) is 17.0. The topological polar surface area (TPSA) is 75.9 Å². The van der Waals surface area contributed by atoms with Gasteiger partial charge in [0.15, 0.2) is 0 Å². The molecule has 0 fully saturated rings. The van der Waals surface area contributed by atoms with Crippen molar-refractivity contribution in [3.05, 3.63) is 53.1 Å². The summed E-state index contributed by atoms with van der Waals surface area (Å²) in [6, 6.07) is 11.8. The Labute approximate surface area is 139 Å². The first kappa shape index (κ1) is 17.1. The molecule has 0 radical (unpaired) electrons. The highest BCUT2D eigenvalue weighted by molar-refractivity contribution is 6.03. The first-order valence-corrected chi connectivity index (χ1v) is 8.23. The van der Waals surface area contributed by atoms with Crippen molar-refractivity contribution < 1.29 is 0 Å². The van der Waals surface area contributed by atoms with Gasteiger partial charge in [0.1, 0.15) is 5.84 Å². The Kier molecular flexibility index (Phi) is 5.43. The van der Waals surface area contributed by atoms with E-state index in [1.54, 1.807) is 0 Å². The van der Waals surface area contributed by atoms with Crippen LogP contribution in [0.3, 0.4) is 0 Å². The number of hydrogen-bond donors (Lipinski definition) is 3. The number of hydrogen-bond acceptors (Lipinski definition) is 2. The zero-order valence-electron chi connectivity index (χ0n) is 14.3. The van der Waals surface area contributed by atoms with Crippen molar-refractivity contribution in [3.8, 4) is 11.1 Å². The highest BCUT2D eigenvalue weighted by Crippen LogP contribution is 2.34. The molecule has 0 bridgehead atoms. The van der Waals surface area contributed by atoms with Crippen LogP contribution in [0.25, 0.3) is 11.1 Å². The molecular formula is C20H27N3. The Bertz CT molecular complexity index is 702. The van der Waals surface area contributed by atoms with Crippen LogP contribution in [-0.2, 0) is 6.42 Å². The molecule has 0 heterocycles. The first-order chi connectivity index (χ1) is 10.9. The number of benzene rings is 2. The van der Waals surface area contributed by atoms with Crippen molar-refractivity contribution in [1.29, 1.82) is 5.41 Å². The van der Waals surface area contributed by atoms with Gasteiger partial charge in [-0.1, -0.05) is 50.6 Å². The second kappa shape index (κ2) is 7.32. The van der Waals surface area contributed by atoms with Crippen molar-refractivity contribution in [3.63, 3.8) is 0 Å². The van der Waals surface area contributed by atoms with Gasteiger partial charge in [-0.25, -0.2) is 0 Å². The van der Waals surface area contributed by atoms with Gasteiger partial charge < -0.3 is 11.5 Å². The summed E-state index contributed by atoms with van der Waals surface area (Å²) in [5.74, 6) is 0.782. The smallest absolute Gasteiger partial charge is 0.123 e. The molecule has 2 aromatic carbocycles. The monoisotopic (exact) mass is 309 g/mol. The SMILES string of the molecule is Cc1ccc(C(=N)N)c(-c2ccccc2N)c1CCCC(C)C. The quantitative estimate of drug-likeness (QED) is 0.417. The molecule has 0 spiro atoms. The Balaban J connectivity index is 2.58. The van der Waals surface area contributed by atoms with E-state index in [1.165, 1.54) is 17.5 Å². The molecular weight excluding hydrogens is 282 g/mol. The Morgan fingerprint density at radius 3 is 2.43 bits per heavy atom. The van der Waals surface area contributed by atoms with Crippen LogP contribution in [0.2, 0.25) is 0 Å². The molecule has 5 N–H and O–H groups in total. The first-order valence-electron chi connectivity index (χ1n) is 8.23. The highest BCUT2D eigenvalue weighted by Gasteiger charge is 2.16. The summed E-state index contributed by atoms with van der Waals surface area (Å²) in [4.78, 5) is 0. The molecule has 2 aromatic rings. The van der Waals surface area contributed by atoms with E-state index in [-0.39, 0.29) is 5.84 Å². The molecule has 0 unspecified atom stereocenters. The van der Waals surface area contributed by atoms with E-state index in [0.717, 1.165) is 35.2 Å². The number of aryl methyl sites for hydroxylation is 1. The van der Waals surface area contributed by atoms with Crippen LogP contribution in [0, 0.1) is 18.3 Å². The fourth-order valence-electron chi connectivity index (χ4n) is 3.02. The molecule has 0 amide bonds. The molecule has 0 saturated carbocycles. The fraction of sp³-hybridized carbons (Fsp3) is 0.350. The maximum absolute atomic E-state index is 7.95. The second-order valence-corrected chi connectivity index (χ2v) is 6.57. The lowest BCUT2D eigenvalue weighted by molar-refractivity contribution is 0.555. The third kappa shape index (κ3) is 3.92. The largest absolute Gasteiger partial charge is 0.398 e. The third-order valence-corrected chi connectivity index (χ3v) is 4.28. The van der Waals surface area contributed by atoms with Gasteiger partial charge in [0.2, 0.25) is 0 Å². The molecule has 122 valence electrons. The van der Waals surface area contributed by atoms with Gasteiger partial charge in [-0.3, -0.25) is 5.41 Å². The van der Waals surface area contributed by atoms with Crippen LogP contribution in [0.5, 0.6) is 0 Å². The number of amidine groups is 1. The fourth-order valence-corrected chi connectivity index (χ4v) is 3.02. The minimum atomic E-state index is 0.0911. The molecule has 2 rings (SSSR count). The van der Waals surface area contributed by atoms with Crippen molar-refractivity contribution in [2.75, 3.05) is 5.73 Å². The van der Waals surface area contributed by atoms with E-state index in [0.29, 0.717) is 5.92 Å². The molecule has 23 heavy (non-hydrogen) atoms. The van der Waals surface area contributed by atoms with Gasteiger partial charge in [0.25, 0.3) is 0 Å². The molecule has 0 atom stereocenters. The van der Waals surface area contributed by atoms with Crippen molar-refractivity contribution >= 4 is 11.5 Å². The van der Waals surface area contributed by atoms with Gasteiger partial charge in [-0.2, -0.15) is 0 Å². The van der Waals surface area contributed by atoms with E-state index < -0.39 is 0 Å². The highest BCUT2D eigenvalue weighted by atomic mass is 14.7. The van der Waals surface area contributed by atoms with Gasteiger partial charge in [-0.15, -0.1) is 0 Å². The average molecular weight is 309 g/mol. The third-order valence-electron chi connectivity index (χ3n) is 4.28. The predicted octanol–water partition coefficient (Wildman–Crippen LogP) is 4.51. The van der Waals surface area contributed by atoms with Crippen LogP contribution in [0.15, 0.2) is 36.4 Å². The molecule has 0 aliphatic heterocycles. The Morgan fingerprint density at radius 2 is 1.83 bits per heavy atom. The van der Waals surface area contributed by atoms with Crippen LogP contribution >= 0.6 is 0 Å². The summed E-state index contributed by atoms with van der Waals surface area (Å²) in [6.45, 7) is 6.61. The lowest BCUT2D eigenvalue weighted by Gasteiger charge is -2.19. The van der Waals surface area contributed by atoms with E-state index >= 15 is 0 Å². The summed E-state index contributed by atoms with van der Waals surface area (Å²) in [7, 11) is 0. The standard InChI is InChI=1S/C20H27N3/c1-13(2)7-6-9-15-14(3)11-12-17(20(22)23)19(15)16-8-4-5-10-18(16)21/h4-5,8,10-13H,6-7,9,21H2,1-3H3,(H3,22,23). The Hall–Kier alpha value is -2.29. The van der Waals surface area contributed by atoms with Crippen LogP contribution in [0.1, 0.15) is 43.4 Å². The summed E-state index contributed by atoms with van der Waals surface area (Å²) in [6.07, 6.45) is 3.29. The van der Waals surface area contributed by atoms with Crippen LogP contribution in [-0.4, -0.2) is 5.84 Å². The lowest BCUT2D eigenvalue weighted by atomic mass is 9.87. The van der Waals surface area contributed by atoms with Gasteiger partial charge >= 0.3 is 0 Å². The molecule has 0 saturated heterocycles. The van der Waals surface area contributed by atoms with Crippen molar-refractivity contribution in [2.45, 2.75) is 40.0 Å². The lowest BCUT2D eigenvalue weighted by Crippen LogP contribution is -2.14. The summed E-state index contributed by atoms with van der Waals surface area (Å²) in [5, 5.41) is 7.95. The van der Waals surface area contributed by atoms with Crippen molar-refractivity contribution in [2.24, 2.45) is 11.7 Å². The van der Waals surface area contributed by atoms with Gasteiger partial charge in [0.05, 0.1) is 0 Å². The Morgan fingerprint density at radius 1 is 1.13 bits per heavy atom. The molecule has 0 aromatic heterocycles. The summed E-state index contributed by atoms with van der Waals surface area (Å²) < 4.78 is 0.